The fourth-order valence-corrected chi connectivity index (χ4v) is 5.25. The molecule has 7 nitrogen and oxygen atoms in total. The summed E-state index contributed by atoms with van der Waals surface area (Å²) in [6.45, 7) is 1.54. The van der Waals surface area contributed by atoms with Crippen LogP contribution in [-0.4, -0.2) is 51.5 Å². The van der Waals surface area contributed by atoms with Crippen molar-refractivity contribution in [1.82, 2.24) is 9.62 Å². The third-order valence-electron chi connectivity index (χ3n) is 4.47. The van der Waals surface area contributed by atoms with Crippen LogP contribution < -0.4 is 14.8 Å². The monoisotopic (exact) mass is 516 g/mol. The standard InChI is InChI=1S/C20H22BrClN2O5S/c21-18-13-15(22)3-8-19(18)29-14-20(25)23-9-12-28-16-4-6-17(7-5-16)30(26,27)24-10-1-2-11-24/h3-8,13H,1-2,9-12,14H2,(H,23,25). The zero-order valence-electron chi connectivity index (χ0n) is 16.1. The first-order valence-corrected chi connectivity index (χ1v) is 12.0. The highest BCUT2D eigenvalue weighted by molar-refractivity contribution is 9.10. The van der Waals surface area contributed by atoms with E-state index in [9.17, 15) is 13.2 Å². The number of rotatable bonds is 9. The molecule has 1 aliphatic heterocycles. The summed E-state index contributed by atoms with van der Waals surface area (Å²) in [6, 6.07) is 11.4. The van der Waals surface area contributed by atoms with Gasteiger partial charge in [0.15, 0.2) is 6.61 Å². The number of nitrogens with one attached hydrogen (secondary N) is 1. The van der Waals surface area contributed by atoms with Crippen molar-refractivity contribution < 1.29 is 22.7 Å². The van der Waals surface area contributed by atoms with Crippen molar-refractivity contribution in [3.63, 3.8) is 0 Å². The lowest BCUT2D eigenvalue weighted by molar-refractivity contribution is -0.123. The van der Waals surface area contributed by atoms with E-state index < -0.39 is 10.0 Å². The van der Waals surface area contributed by atoms with Crippen LogP contribution in [0.4, 0.5) is 0 Å². The molecule has 1 N–H and O–H groups in total. The van der Waals surface area contributed by atoms with Gasteiger partial charge in [0.05, 0.1) is 15.9 Å². The number of carbonyl (C=O) groups excluding carboxylic acids is 1. The second-order valence-electron chi connectivity index (χ2n) is 6.64. The van der Waals surface area contributed by atoms with Crippen molar-refractivity contribution in [3.05, 3.63) is 52.0 Å². The summed E-state index contributed by atoms with van der Waals surface area (Å²) in [7, 11) is -3.43. The van der Waals surface area contributed by atoms with E-state index in [4.69, 9.17) is 21.1 Å². The number of ether oxygens (including phenoxy) is 2. The van der Waals surface area contributed by atoms with Crippen LogP contribution in [0.5, 0.6) is 11.5 Å². The van der Waals surface area contributed by atoms with E-state index >= 15 is 0 Å². The molecule has 0 radical (unpaired) electrons. The van der Waals surface area contributed by atoms with Crippen LogP contribution in [0, 0.1) is 0 Å². The first kappa shape index (κ1) is 22.9. The lowest BCUT2D eigenvalue weighted by Gasteiger charge is -2.15. The molecule has 0 spiro atoms. The second-order valence-corrected chi connectivity index (χ2v) is 9.87. The predicted octanol–water partition coefficient (Wildman–Crippen LogP) is 3.46. The number of nitrogens with zero attached hydrogens (tertiary/aromatic N) is 1. The zero-order chi connectivity index (χ0) is 21.6. The highest BCUT2D eigenvalue weighted by Crippen LogP contribution is 2.28. The average molecular weight is 518 g/mol. The van der Waals surface area contributed by atoms with Gasteiger partial charge in [-0.25, -0.2) is 8.42 Å². The van der Waals surface area contributed by atoms with Gasteiger partial charge in [-0.05, 0) is 71.2 Å². The van der Waals surface area contributed by atoms with Gasteiger partial charge in [-0.1, -0.05) is 11.6 Å². The van der Waals surface area contributed by atoms with E-state index in [1.54, 1.807) is 42.5 Å². The van der Waals surface area contributed by atoms with Crippen LogP contribution in [0.2, 0.25) is 5.02 Å². The fraction of sp³-hybridized carbons (Fsp3) is 0.350. The highest BCUT2D eigenvalue weighted by atomic mass is 79.9. The summed E-state index contributed by atoms with van der Waals surface area (Å²) < 4.78 is 38.2. The van der Waals surface area contributed by atoms with Gasteiger partial charge >= 0.3 is 0 Å². The van der Waals surface area contributed by atoms with Crippen LogP contribution in [0.3, 0.4) is 0 Å². The summed E-state index contributed by atoms with van der Waals surface area (Å²) in [5.74, 6) is 0.772. The van der Waals surface area contributed by atoms with Gasteiger partial charge in [-0.3, -0.25) is 4.79 Å². The average Bonchev–Trinajstić information content (AvgIpc) is 3.27. The van der Waals surface area contributed by atoms with E-state index in [1.807, 2.05) is 0 Å². The highest BCUT2D eigenvalue weighted by Gasteiger charge is 2.26. The zero-order valence-corrected chi connectivity index (χ0v) is 19.3. The number of sulfonamides is 1. The molecule has 0 unspecified atom stereocenters. The molecule has 2 aromatic carbocycles. The number of halogens is 2. The molecule has 3 rings (SSSR count). The van der Waals surface area contributed by atoms with Crippen LogP contribution in [0.1, 0.15) is 12.8 Å². The maximum absolute atomic E-state index is 12.5. The third kappa shape index (κ3) is 6.10. The first-order chi connectivity index (χ1) is 14.4. The Morgan fingerprint density at radius 1 is 1.10 bits per heavy atom. The van der Waals surface area contributed by atoms with E-state index in [0.29, 0.717) is 34.1 Å². The molecule has 30 heavy (non-hydrogen) atoms. The van der Waals surface area contributed by atoms with Crippen LogP contribution in [0.25, 0.3) is 0 Å². The molecule has 10 heteroatoms. The molecule has 1 amide bonds. The van der Waals surface area contributed by atoms with Crippen LogP contribution in [-0.2, 0) is 14.8 Å². The lowest BCUT2D eigenvalue weighted by Crippen LogP contribution is -2.32. The normalized spacial score (nSPS) is 14.5. The Bertz CT molecular complexity index is 979. The van der Waals surface area contributed by atoms with Crippen molar-refractivity contribution in [2.45, 2.75) is 17.7 Å². The van der Waals surface area contributed by atoms with Gasteiger partial charge in [0, 0.05) is 18.1 Å². The fourth-order valence-electron chi connectivity index (χ4n) is 2.93. The quantitative estimate of drug-likeness (QED) is 0.515. The maximum Gasteiger partial charge on any atom is 0.258 e. The van der Waals surface area contributed by atoms with Crippen molar-refractivity contribution >= 4 is 43.5 Å². The molecule has 162 valence electrons. The minimum atomic E-state index is -3.43. The molecule has 0 aliphatic carbocycles. The maximum atomic E-state index is 12.5. The molecule has 0 saturated carbocycles. The number of carbonyl (C=O) groups is 1. The lowest BCUT2D eigenvalue weighted by atomic mass is 10.3. The molecule has 1 saturated heterocycles. The van der Waals surface area contributed by atoms with Crippen LogP contribution >= 0.6 is 27.5 Å². The Kier molecular flexibility index (Phi) is 7.99. The smallest absolute Gasteiger partial charge is 0.258 e. The van der Waals surface area contributed by atoms with E-state index in [1.165, 1.54) is 4.31 Å². The molecule has 1 aliphatic rings. The summed E-state index contributed by atoms with van der Waals surface area (Å²) in [5.41, 5.74) is 0. The van der Waals surface area contributed by atoms with Crippen molar-refractivity contribution in [2.75, 3.05) is 32.8 Å². The molecule has 0 atom stereocenters. The van der Waals surface area contributed by atoms with Crippen molar-refractivity contribution in [3.8, 4) is 11.5 Å². The topological polar surface area (TPSA) is 84.9 Å². The summed E-state index contributed by atoms with van der Waals surface area (Å²) in [6.07, 6.45) is 1.79. The van der Waals surface area contributed by atoms with Crippen LogP contribution in [0.15, 0.2) is 51.8 Å². The van der Waals surface area contributed by atoms with Crippen molar-refractivity contribution in [2.24, 2.45) is 0 Å². The third-order valence-corrected chi connectivity index (χ3v) is 7.24. The molecule has 0 aromatic heterocycles. The molecular weight excluding hydrogens is 496 g/mol. The minimum absolute atomic E-state index is 0.136. The van der Waals surface area contributed by atoms with Gasteiger partial charge in [0.1, 0.15) is 18.1 Å². The van der Waals surface area contributed by atoms with Gasteiger partial charge in [0.25, 0.3) is 5.91 Å². The number of hydrogen-bond acceptors (Lipinski definition) is 5. The Morgan fingerprint density at radius 2 is 1.80 bits per heavy atom. The first-order valence-electron chi connectivity index (χ1n) is 9.44. The Balaban J connectivity index is 1.39. The second kappa shape index (κ2) is 10.5. The van der Waals surface area contributed by atoms with Crippen molar-refractivity contribution in [1.29, 1.82) is 0 Å². The van der Waals surface area contributed by atoms with Gasteiger partial charge in [0.2, 0.25) is 10.0 Å². The predicted molar refractivity (Wildman–Crippen MR) is 118 cm³/mol. The molecule has 0 bridgehead atoms. The van der Waals surface area contributed by atoms with Gasteiger partial charge < -0.3 is 14.8 Å². The summed E-state index contributed by atoms with van der Waals surface area (Å²) in [5, 5.41) is 3.26. The van der Waals surface area contributed by atoms with E-state index in [2.05, 4.69) is 21.2 Å². The molecule has 1 heterocycles. The Morgan fingerprint density at radius 3 is 2.47 bits per heavy atom. The Labute approximate surface area is 189 Å². The summed E-state index contributed by atoms with van der Waals surface area (Å²) >= 11 is 9.19. The summed E-state index contributed by atoms with van der Waals surface area (Å²) in [4.78, 5) is 12.1. The number of benzene rings is 2. The minimum Gasteiger partial charge on any atom is -0.492 e. The molecule has 1 fully saturated rings. The molecule has 2 aromatic rings. The number of hydrogen-bond donors (Lipinski definition) is 1. The van der Waals surface area contributed by atoms with Gasteiger partial charge in [-0.2, -0.15) is 4.31 Å². The Hall–Kier alpha value is -1.81. The van der Waals surface area contributed by atoms with E-state index in [-0.39, 0.29) is 30.6 Å². The van der Waals surface area contributed by atoms with Gasteiger partial charge in [-0.15, -0.1) is 0 Å². The SMILES string of the molecule is O=C(COc1ccc(Cl)cc1Br)NCCOc1ccc(S(=O)(=O)N2CCCC2)cc1. The van der Waals surface area contributed by atoms with E-state index in [0.717, 1.165) is 12.8 Å². The largest absolute Gasteiger partial charge is 0.492 e. The molecular formula is C20H22BrClN2O5S. The number of amides is 1.